The van der Waals surface area contributed by atoms with Gasteiger partial charge in [-0.3, -0.25) is 0 Å². The van der Waals surface area contributed by atoms with Gasteiger partial charge in [0.15, 0.2) is 0 Å². The van der Waals surface area contributed by atoms with E-state index in [1.54, 1.807) is 0 Å². The minimum Gasteiger partial charge on any atom is -0.402 e. The van der Waals surface area contributed by atoms with E-state index in [1.807, 2.05) is 24.3 Å². The van der Waals surface area contributed by atoms with Crippen LogP contribution in [0.1, 0.15) is 24.3 Å². The van der Waals surface area contributed by atoms with E-state index in [9.17, 15) is 0 Å². The average Bonchev–Trinajstić information content (AvgIpc) is 2.42. The highest BCUT2D eigenvalue weighted by Crippen LogP contribution is 2.22. The topological polar surface area (TPSA) is 47.3 Å². The van der Waals surface area contributed by atoms with Crippen LogP contribution in [-0.4, -0.2) is 25.8 Å². The zero-order valence-electron chi connectivity index (χ0n) is 11.1. The summed E-state index contributed by atoms with van der Waals surface area (Å²) >= 11 is 5.91. The van der Waals surface area contributed by atoms with Crippen molar-refractivity contribution in [2.75, 3.05) is 19.8 Å². The van der Waals surface area contributed by atoms with Gasteiger partial charge in [0.1, 0.15) is 0 Å². The predicted octanol–water partition coefficient (Wildman–Crippen LogP) is 2.66. The number of halogens is 1. The second kappa shape index (κ2) is 6.94. The Hall–Kier alpha value is -1.03. The second-order valence-corrected chi connectivity index (χ2v) is 5.41. The van der Waals surface area contributed by atoms with Gasteiger partial charge in [-0.1, -0.05) is 30.3 Å². The molecule has 1 atom stereocenters. The van der Waals surface area contributed by atoms with E-state index in [4.69, 9.17) is 22.1 Å². The highest BCUT2D eigenvalue weighted by molar-refractivity contribution is 6.30. The monoisotopic (exact) mass is 280 g/mol. The van der Waals surface area contributed by atoms with E-state index in [0.717, 1.165) is 43.2 Å². The van der Waals surface area contributed by atoms with Crippen molar-refractivity contribution in [2.45, 2.75) is 24.8 Å². The molecule has 2 rings (SSSR count). The van der Waals surface area contributed by atoms with E-state index >= 15 is 0 Å². The molecule has 0 aromatic heterocycles. The molecule has 0 radical (unpaired) electrons. The molecule has 1 aliphatic rings. The number of benzene rings is 1. The van der Waals surface area contributed by atoms with Crippen molar-refractivity contribution in [1.29, 1.82) is 0 Å². The largest absolute Gasteiger partial charge is 0.402 e. The number of rotatable bonds is 5. The Labute approximate surface area is 119 Å². The molecule has 1 saturated heterocycles. The molecule has 1 aromatic rings. The van der Waals surface area contributed by atoms with Gasteiger partial charge in [-0.15, -0.1) is 0 Å². The summed E-state index contributed by atoms with van der Waals surface area (Å²) in [5.74, 6) is 0.125. The van der Waals surface area contributed by atoms with Crippen molar-refractivity contribution in [2.24, 2.45) is 5.73 Å². The number of hydrogen-bond acceptors (Lipinski definition) is 3. The van der Waals surface area contributed by atoms with Gasteiger partial charge in [0.25, 0.3) is 0 Å². The van der Waals surface area contributed by atoms with Crippen LogP contribution in [0.15, 0.2) is 36.5 Å². The van der Waals surface area contributed by atoms with Gasteiger partial charge in [-0.05, 0) is 30.5 Å². The third-order valence-electron chi connectivity index (χ3n) is 3.55. The molecule has 4 heteroatoms. The molecule has 0 aliphatic carbocycles. The van der Waals surface area contributed by atoms with Gasteiger partial charge >= 0.3 is 0 Å². The Morgan fingerprint density at radius 3 is 2.58 bits per heavy atom. The van der Waals surface area contributed by atoms with Crippen LogP contribution in [0.3, 0.4) is 0 Å². The summed E-state index contributed by atoms with van der Waals surface area (Å²) in [5, 5.41) is 4.30. The summed E-state index contributed by atoms with van der Waals surface area (Å²) in [5.41, 5.74) is 7.76. The zero-order chi connectivity index (χ0) is 13.7. The van der Waals surface area contributed by atoms with Crippen LogP contribution < -0.4 is 11.1 Å². The Balaban J connectivity index is 1.96. The molecule has 1 aliphatic heterocycles. The van der Waals surface area contributed by atoms with Crippen LogP contribution in [0.25, 0.3) is 0 Å². The zero-order valence-corrected chi connectivity index (χ0v) is 11.8. The average molecular weight is 281 g/mol. The fraction of sp³-hybridized carbons (Fsp3) is 0.467. The fourth-order valence-corrected chi connectivity index (χ4v) is 2.47. The first-order valence-corrected chi connectivity index (χ1v) is 7.05. The van der Waals surface area contributed by atoms with E-state index < -0.39 is 0 Å². The summed E-state index contributed by atoms with van der Waals surface area (Å²) in [4.78, 5) is 0. The molecule has 1 aromatic carbocycles. The number of ether oxygens (including phenoxy) is 1. The molecule has 0 bridgehead atoms. The normalized spacial score (nSPS) is 18.2. The van der Waals surface area contributed by atoms with Gasteiger partial charge in [0.05, 0.1) is 0 Å². The maximum atomic E-state index is 5.93. The van der Waals surface area contributed by atoms with Crippen molar-refractivity contribution < 1.29 is 4.74 Å². The first-order valence-electron chi connectivity index (χ1n) is 6.67. The predicted molar refractivity (Wildman–Crippen MR) is 79.4 cm³/mol. The van der Waals surface area contributed by atoms with E-state index in [-0.39, 0.29) is 5.92 Å². The quantitative estimate of drug-likeness (QED) is 0.872. The lowest BCUT2D eigenvalue weighted by Gasteiger charge is -2.26. The lowest BCUT2D eigenvalue weighted by atomic mass is 9.95. The molecule has 0 spiro atoms. The van der Waals surface area contributed by atoms with Crippen LogP contribution in [0.2, 0.25) is 5.02 Å². The minimum atomic E-state index is 0.125. The summed E-state index contributed by atoms with van der Waals surface area (Å²) < 4.78 is 5.35. The standard InChI is InChI=1S/C15H21ClN2O/c1-11(17)15(12-2-4-13(16)5-3-12)10-18-14-6-8-19-9-7-14/h2-5,14-15,18H,1,6-10,17H2. The molecule has 0 saturated carbocycles. The van der Waals surface area contributed by atoms with E-state index in [0.29, 0.717) is 11.7 Å². The lowest BCUT2D eigenvalue weighted by molar-refractivity contribution is 0.0779. The van der Waals surface area contributed by atoms with E-state index in [1.165, 1.54) is 0 Å². The van der Waals surface area contributed by atoms with Crippen molar-refractivity contribution in [1.82, 2.24) is 5.32 Å². The van der Waals surface area contributed by atoms with Crippen LogP contribution >= 0.6 is 11.6 Å². The maximum Gasteiger partial charge on any atom is 0.0480 e. The molecule has 0 amide bonds. The molecule has 1 unspecified atom stereocenters. The van der Waals surface area contributed by atoms with Crippen molar-refractivity contribution in [3.05, 3.63) is 47.1 Å². The van der Waals surface area contributed by atoms with Gasteiger partial charge in [0.2, 0.25) is 0 Å². The molecular formula is C15H21ClN2O. The first-order chi connectivity index (χ1) is 9.16. The SMILES string of the molecule is C=C(N)C(CNC1CCOCC1)c1ccc(Cl)cc1. The van der Waals surface area contributed by atoms with E-state index in [2.05, 4.69) is 11.9 Å². The van der Waals surface area contributed by atoms with Crippen molar-refractivity contribution in [3.63, 3.8) is 0 Å². The smallest absolute Gasteiger partial charge is 0.0480 e. The van der Waals surface area contributed by atoms with Crippen LogP contribution in [-0.2, 0) is 4.74 Å². The molecule has 1 heterocycles. The summed E-state index contributed by atoms with van der Waals surface area (Å²) in [6, 6.07) is 8.32. The lowest BCUT2D eigenvalue weighted by Crippen LogP contribution is -2.38. The Bertz CT molecular complexity index is 413. The minimum absolute atomic E-state index is 0.125. The van der Waals surface area contributed by atoms with Crippen molar-refractivity contribution >= 4 is 11.6 Å². The van der Waals surface area contributed by atoms with Gasteiger partial charge < -0.3 is 15.8 Å². The highest BCUT2D eigenvalue weighted by atomic mass is 35.5. The van der Waals surface area contributed by atoms with Crippen LogP contribution in [0, 0.1) is 0 Å². The Morgan fingerprint density at radius 2 is 2.00 bits per heavy atom. The molecule has 3 nitrogen and oxygen atoms in total. The van der Waals surface area contributed by atoms with Crippen LogP contribution in [0.5, 0.6) is 0 Å². The number of nitrogens with one attached hydrogen (secondary N) is 1. The second-order valence-electron chi connectivity index (χ2n) is 4.97. The molecule has 104 valence electrons. The van der Waals surface area contributed by atoms with Gasteiger partial charge in [-0.2, -0.15) is 0 Å². The third kappa shape index (κ3) is 4.23. The molecule has 3 N–H and O–H groups in total. The number of nitrogens with two attached hydrogens (primary N) is 1. The summed E-state index contributed by atoms with van der Waals surface area (Å²) in [6.07, 6.45) is 2.12. The van der Waals surface area contributed by atoms with Gasteiger partial charge in [0, 0.05) is 42.4 Å². The summed E-state index contributed by atoms with van der Waals surface area (Å²) in [6.45, 7) is 6.39. The molecular weight excluding hydrogens is 260 g/mol. The fourth-order valence-electron chi connectivity index (χ4n) is 2.34. The Kier molecular flexibility index (Phi) is 5.25. The Morgan fingerprint density at radius 1 is 1.37 bits per heavy atom. The van der Waals surface area contributed by atoms with Crippen molar-refractivity contribution in [3.8, 4) is 0 Å². The molecule has 19 heavy (non-hydrogen) atoms. The van der Waals surface area contributed by atoms with Gasteiger partial charge in [-0.25, -0.2) is 0 Å². The highest BCUT2D eigenvalue weighted by Gasteiger charge is 2.17. The summed E-state index contributed by atoms with van der Waals surface area (Å²) in [7, 11) is 0. The molecule has 1 fully saturated rings. The first kappa shape index (κ1) is 14.4. The number of hydrogen-bond donors (Lipinski definition) is 2. The third-order valence-corrected chi connectivity index (χ3v) is 3.80. The van der Waals surface area contributed by atoms with Crippen LogP contribution in [0.4, 0.5) is 0 Å². The maximum absolute atomic E-state index is 5.93.